The third-order valence-electron chi connectivity index (χ3n) is 6.88. The molecule has 150 valence electrons. The van der Waals surface area contributed by atoms with Crippen molar-refractivity contribution in [1.82, 2.24) is 19.8 Å². The number of carbonyl (C=O) groups is 2. The van der Waals surface area contributed by atoms with Crippen LogP contribution in [-0.2, 0) is 22.6 Å². The molecule has 1 aromatic heterocycles. The van der Waals surface area contributed by atoms with E-state index in [0.29, 0.717) is 30.9 Å². The molecule has 7 nitrogen and oxygen atoms in total. The quantitative estimate of drug-likeness (QED) is 0.863. The highest BCUT2D eigenvalue weighted by molar-refractivity contribution is 5.81. The molecule has 7 heteroatoms. The highest BCUT2D eigenvalue weighted by atomic mass is 16.2. The van der Waals surface area contributed by atoms with E-state index < -0.39 is 0 Å². The van der Waals surface area contributed by atoms with Gasteiger partial charge in [-0.3, -0.25) is 14.4 Å². The summed E-state index contributed by atoms with van der Waals surface area (Å²) in [7, 11) is 0. The molecule has 2 amide bonds. The van der Waals surface area contributed by atoms with Gasteiger partial charge in [0.05, 0.1) is 23.8 Å². The van der Waals surface area contributed by atoms with Gasteiger partial charge in [-0.15, -0.1) is 0 Å². The summed E-state index contributed by atoms with van der Waals surface area (Å²) in [5.74, 6) is 1.38. The molecule has 4 aliphatic rings. The Kier molecular flexibility index (Phi) is 4.48. The maximum Gasteiger partial charge on any atom is 0.256 e. The SMILES string of the molecule is O=C(C1CC1)N1CCc2nc([C@@H]3CCCCN3C(=O)C3CCC3)[nH]c(=O)c2C1. The molecule has 2 aliphatic heterocycles. The Labute approximate surface area is 164 Å². The number of aromatic amines is 1. The number of carbonyl (C=O) groups excluding carboxylic acids is 2. The van der Waals surface area contributed by atoms with E-state index in [2.05, 4.69) is 4.98 Å². The summed E-state index contributed by atoms with van der Waals surface area (Å²) in [6.45, 7) is 1.75. The van der Waals surface area contributed by atoms with Gasteiger partial charge in [0.25, 0.3) is 5.56 Å². The Morgan fingerprint density at radius 1 is 0.929 bits per heavy atom. The minimum Gasteiger partial charge on any atom is -0.337 e. The van der Waals surface area contributed by atoms with Crippen LogP contribution in [0.15, 0.2) is 4.79 Å². The molecule has 0 radical (unpaired) electrons. The molecule has 28 heavy (non-hydrogen) atoms. The maximum atomic E-state index is 12.9. The number of hydrogen-bond donors (Lipinski definition) is 1. The molecule has 2 saturated carbocycles. The van der Waals surface area contributed by atoms with Crippen LogP contribution in [0.4, 0.5) is 0 Å². The number of aromatic nitrogens is 2. The molecule has 1 saturated heterocycles. The average molecular weight is 384 g/mol. The molecule has 2 aliphatic carbocycles. The van der Waals surface area contributed by atoms with E-state index in [0.717, 1.165) is 63.6 Å². The zero-order valence-corrected chi connectivity index (χ0v) is 16.3. The molecular formula is C21H28N4O3. The Morgan fingerprint density at radius 2 is 1.71 bits per heavy atom. The summed E-state index contributed by atoms with van der Waals surface area (Å²) in [4.78, 5) is 49.6. The van der Waals surface area contributed by atoms with E-state index in [9.17, 15) is 14.4 Å². The van der Waals surface area contributed by atoms with Gasteiger partial charge in [0.2, 0.25) is 11.8 Å². The Morgan fingerprint density at radius 3 is 2.43 bits per heavy atom. The molecule has 0 spiro atoms. The Bertz CT molecular complexity index is 856. The molecule has 1 N–H and O–H groups in total. The monoisotopic (exact) mass is 384 g/mol. The number of hydrogen-bond acceptors (Lipinski definition) is 4. The van der Waals surface area contributed by atoms with Crippen molar-refractivity contribution in [2.45, 2.75) is 70.4 Å². The lowest BCUT2D eigenvalue weighted by Crippen LogP contribution is -2.45. The van der Waals surface area contributed by atoms with Crippen molar-refractivity contribution >= 4 is 11.8 Å². The fourth-order valence-corrected chi connectivity index (χ4v) is 4.75. The van der Waals surface area contributed by atoms with E-state index in [1.165, 1.54) is 0 Å². The number of rotatable bonds is 3. The minimum atomic E-state index is -0.144. The smallest absolute Gasteiger partial charge is 0.256 e. The largest absolute Gasteiger partial charge is 0.337 e. The van der Waals surface area contributed by atoms with Gasteiger partial charge in [0, 0.05) is 31.3 Å². The van der Waals surface area contributed by atoms with Crippen LogP contribution >= 0.6 is 0 Å². The van der Waals surface area contributed by atoms with Crippen LogP contribution in [-0.4, -0.2) is 44.7 Å². The van der Waals surface area contributed by atoms with E-state index in [-0.39, 0.29) is 35.3 Å². The number of piperidine rings is 1. The number of fused-ring (bicyclic) bond motifs is 1. The summed E-state index contributed by atoms with van der Waals surface area (Å²) < 4.78 is 0. The van der Waals surface area contributed by atoms with Crippen molar-refractivity contribution < 1.29 is 9.59 Å². The highest BCUT2D eigenvalue weighted by Crippen LogP contribution is 2.36. The lowest BCUT2D eigenvalue weighted by Gasteiger charge is -2.39. The van der Waals surface area contributed by atoms with Crippen molar-refractivity contribution in [3.05, 3.63) is 27.4 Å². The first-order chi connectivity index (χ1) is 13.6. The standard InChI is InChI=1S/C21H28N4O3/c26-19-15-12-24(20(27)14-7-8-14)11-9-16(15)22-18(23-19)17-6-1-2-10-25(17)21(28)13-4-3-5-13/h13-14,17H,1-12H2,(H,22,23,26)/t17-/m0/s1. The van der Waals surface area contributed by atoms with Crippen LogP contribution in [0.3, 0.4) is 0 Å². The average Bonchev–Trinajstić information content (AvgIpc) is 3.51. The second-order valence-corrected chi connectivity index (χ2v) is 8.83. The van der Waals surface area contributed by atoms with Crippen molar-refractivity contribution in [2.24, 2.45) is 11.8 Å². The van der Waals surface area contributed by atoms with Crippen LogP contribution in [0.2, 0.25) is 0 Å². The third kappa shape index (κ3) is 3.14. The van der Waals surface area contributed by atoms with Gasteiger partial charge in [-0.1, -0.05) is 6.42 Å². The van der Waals surface area contributed by atoms with Gasteiger partial charge >= 0.3 is 0 Å². The summed E-state index contributed by atoms with van der Waals surface area (Å²) >= 11 is 0. The van der Waals surface area contributed by atoms with E-state index in [1.807, 2.05) is 9.80 Å². The number of likely N-dealkylation sites (tertiary alicyclic amines) is 1. The summed E-state index contributed by atoms with van der Waals surface area (Å²) in [5.41, 5.74) is 1.28. The van der Waals surface area contributed by atoms with Gasteiger partial charge in [0.1, 0.15) is 5.82 Å². The Hall–Kier alpha value is -2.18. The first-order valence-corrected chi connectivity index (χ1v) is 10.8. The molecule has 0 aromatic carbocycles. The molecule has 3 fully saturated rings. The lowest BCUT2D eigenvalue weighted by atomic mass is 9.83. The predicted octanol–water partition coefficient (Wildman–Crippen LogP) is 1.92. The normalized spacial score (nSPS) is 25.2. The molecule has 5 rings (SSSR count). The minimum absolute atomic E-state index is 0.119. The third-order valence-corrected chi connectivity index (χ3v) is 6.88. The van der Waals surface area contributed by atoms with Crippen molar-refractivity contribution in [2.75, 3.05) is 13.1 Å². The maximum absolute atomic E-state index is 12.9. The van der Waals surface area contributed by atoms with Gasteiger partial charge in [-0.2, -0.15) is 0 Å². The second kappa shape index (κ2) is 7.01. The number of H-pyrrole nitrogens is 1. The number of amides is 2. The number of nitrogens with one attached hydrogen (secondary N) is 1. The van der Waals surface area contributed by atoms with Crippen molar-refractivity contribution in [1.29, 1.82) is 0 Å². The highest BCUT2D eigenvalue weighted by Gasteiger charge is 2.38. The van der Waals surface area contributed by atoms with Gasteiger partial charge in [-0.25, -0.2) is 4.98 Å². The fourth-order valence-electron chi connectivity index (χ4n) is 4.75. The summed E-state index contributed by atoms with van der Waals surface area (Å²) in [5, 5.41) is 0. The van der Waals surface area contributed by atoms with Crippen LogP contribution in [0, 0.1) is 11.8 Å². The van der Waals surface area contributed by atoms with Gasteiger partial charge < -0.3 is 14.8 Å². The molecular weight excluding hydrogens is 356 g/mol. The van der Waals surface area contributed by atoms with E-state index in [1.54, 1.807) is 0 Å². The first-order valence-electron chi connectivity index (χ1n) is 10.8. The fraction of sp³-hybridized carbons (Fsp3) is 0.714. The van der Waals surface area contributed by atoms with Crippen molar-refractivity contribution in [3.8, 4) is 0 Å². The molecule has 1 aromatic rings. The van der Waals surface area contributed by atoms with Crippen LogP contribution in [0.1, 0.15) is 74.5 Å². The molecule has 3 heterocycles. The topological polar surface area (TPSA) is 86.4 Å². The Balaban J connectivity index is 1.40. The van der Waals surface area contributed by atoms with Crippen LogP contribution in [0.5, 0.6) is 0 Å². The number of nitrogens with zero attached hydrogens (tertiary/aromatic N) is 3. The second-order valence-electron chi connectivity index (χ2n) is 8.83. The van der Waals surface area contributed by atoms with Crippen LogP contribution in [0.25, 0.3) is 0 Å². The lowest BCUT2D eigenvalue weighted by molar-refractivity contribution is -0.142. The zero-order chi connectivity index (χ0) is 19.3. The summed E-state index contributed by atoms with van der Waals surface area (Å²) in [6, 6.07) is -0.119. The van der Waals surface area contributed by atoms with Gasteiger partial charge in [-0.05, 0) is 44.9 Å². The van der Waals surface area contributed by atoms with Crippen LogP contribution < -0.4 is 5.56 Å². The van der Waals surface area contributed by atoms with E-state index in [4.69, 9.17) is 4.98 Å². The van der Waals surface area contributed by atoms with E-state index >= 15 is 0 Å². The molecule has 0 bridgehead atoms. The molecule has 0 unspecified atom stereocenters. The predicted molar refractivity (Wildman–Crippen MR) is 102 cm³/mol. The molecule has 1 atom stereocenters. The van der Waals surface area contributed by atoms with Crippen molar-refractivity contribution in [3.63, 3.8) is 0 Å². The zero-order valence-electron chi connectivity index (χ0n) is 16.3. The summed E-state index contributed by atoms with van der Waals surface area (Å²) in [6.07, 6.45) is 8.60. The first kappa shape index (κ1) is 17.9. The van der Waals surface area contributed by atoms with Gasteiger partial charge in [0.15, 0.2) is 0 Å².